The molecule has 10 nitrogen and oxygen atoms in total. The number of amides is 2. The van der Waals surface area contributed by atoms with E-state index in [4.69, 9.17) is 20.9 Å². The molecule has 40 heavy (non-hydrogen) atoms. The van der Waals surface area contributed by atoms with Gasteiger partial charge in [0.1, 0.15) is 17.2 Å². The minimum atomic E-state index is -1.25. The van der Waals surface area contributed by atoms with Crippen molar-refractivity contribution in [2.24, 2.45) is 5.73 Å². The van der Waals surface area contributed by atoms with Crippen LogP contribution in [0.15, 0.2) is 67.0 Å². The van der Waals surface area contributed by atoms with Gasteiger partial charge in [-0.3, -0.25) is 4.79 Å². The first-order valence-corrected chi connectivity index (χ1v) is 12.8. The molecule has 0 spiro atoms. The Morgan fingerprint density at radius 3 is 2.50 bits per heavy atom. The first kappa shape index (κ1) is 28.1. The number of para-hydroxylation sites is 1. The van der Waals surface area contributed by atoms with Crippen molar-refractivity contribution in [1.82, 2.24) is 14.8 Å². The van der Waals surface area contributed by atoms with Crippen molar-refractivity contribution in [2.75, 3.05) is 11.1 Å². The number of primary amides is 1. The maximum atomic E-state index is 15.2. The summed E-state index contributed by atoms with van der Waals surface area (Å²) in [6, 6.07) is 15.0. The minimum Gasteiger partial charge on any atom is -0.454 e. The van der Waals surface area contributed by atoms with Crippen LogP contribution in [0.1, 0.15) is 55.2 Å². The standard InChI is InChI=1S/C29H31FN6O4/c1-4-14-29(3,40-28(32)38)25-24(13-15-33-26(25)31)39-23-12-11-18(16-21(23)30)35-27(37)20-17-34-36(22(20)5-2)19-9-7-6-8-10-19/h6-13,15-17H,4-5,14H2,1-3H3,(H2,31,33)(H2,32,38)(H,35,37). The number of pyridine rings is 1. The van der Waals surface area contributed by atoms with Crippen molar-refractivity contribution < 1.29 is 23.5 Å². The number of ether oxygens (including phenoxy) is 2. The van der Waals surface area contributed by atoms with Gasteiger partial charge in [-0.05, 0) is 50.1 Å². The van der Waals surface area contributed by atoms with E-state index in [1.807, 2.05) is 44.2 Å². The monoisotopic (exact) mass is 546 g/mol. The van der Waals surface area contributed by atoms with E-state index in [1.165, 1.54) is 30.6 Å². The summed E-state index contributed by atoms with van der Waals surface area (Å²) in [5.74, 6) is -1.07. The van der Waals surface area contributed by atoms with Gasteiger partial charge in [-0.25, -0.2) is 18.9 Å². The number of aromatic nitrogens is 3. The Labute approximate surface area is 231 Å². The number of nitrogens with one attached hydrogen (secondary N) is 1. The molecule has 2 amide bonds. The maximum Gasteiger partial charge on any atom is 0.405 e. The van der Waals surface area contributed by atoms with E-state index in [-0.39, 0.29) is 28.6 Å². The van der Waals surface area contributed by atoms with Gasteiger partial charge in [-0.15, -0.1) is 0 Å². The van der Waals surface area contributed by atoms with Crippen molar-refractivity contribution in [2.45, 2.75) is 45.6 Å². The fourth-order valence-corrected chi connectivity index (χ4v) is 4.68. The quantitative estimate of drug-likeness (QED) is 0.231. The summed E-state index contributed by atoms with van der Waals surface area (Å²) in [6.45, 7) is 5.47. The molecule has 2 heterocycles. The van der Waals surface area contributed by atoms with Crippen molar-refractivity contribution in [1.29, 1.82) is 0 Å². The molecule has 2 aromatic heterocycles. The SMILES string of the molecule is CCCC(C)(OC(N)=O)c1c(Oc2ccc(NC(=O)c3cnn(-c4ccccc4)c3CC)cc2F)ccnc1N. The molecule has 0 aliphatic carbocycles. The van der Waals surface area contributed by atoms with Crippen LogP contribution < -0.4 is 21.5 Å². The Kier molecular flexibility index (Phi) is 8.32. The molecule has 0 saturated carbocycles. The number of nitrogens with zero attached hydrogens (tertiary/aromatic N) is 3. The average Bonchev–Trinajstić information content (AvgIpc) is 3.35. The van der Waals surface area contributed by atoms with Crippen molar-refractivity contribution in [3.8, 4) is 17.2 Å². The molecule has 4 rings (SSSR count). The van der Waals surface area contributed by atoms with Gasteiger partial charge < -0.3 is 26.3 Å². The predicted octanol–water partition coefficient (Wildman–Crippen LogP) is 5.71. The molecule has 0 aliphatic heterocycles. The van der Waals surface area contributed by atoms with Gasteiger partial charge in [0.15, 0.2) is 11.6 Å². The Morgan fingerprint density at radius 2 is 1.85 bits per heavy atom. The first-order valence-electron chi connectivity index (χ1n) is 12.8. The second kappa shape index (κ2) is 11.9. The van der Waals surface area contributed by atoms with Crippen molar-refractivity contribution in [3.05, 3.63) is 89.6 Å². The Morgan fingerprint density at radius 1 is 1.10 bits per heavy atom. The summed E-state index contributed by atoms with van der Waals surface area (Å²) in [6.07, 6.45) is 3.47. The van der Waals surface area contributed by atoms with Gasteiger partial charge in [-0.1, -0.05) is 38.5 Å². The van der Waals surface area contributed by atoms with Crippen LogP contribution in [0.25, 0.3) is 5.69 Å². The lowest BCUT2D eigenvalue weighted by molar-refractivity contribution is 0.0195. The molecule has 4 aromatic rings. The fourth-order valence-electron chi connectivity index (χ4n) is 4.68. The van der Waals surface area contributed by atoms with E-state index >= 15 is 4.39 Å². The van der Waals surface area contributed by atoms with Gasteiger partial charge in [0.05, 0.1) is 28.7 Å². The summed E-state index contributed by atoms with van der Waals surface area (Å²) in [7, 11) is 0. The zero-order valence-electron chi connectivity index (χ0n) is 22.5. The third-order valence-corrected chi connectivity index (χ3v) is 6.38. The molecule has 2 aromatic carbocycles. The van der Waals surface area contributed by atoms with Crippen LogP contribution in [0.3, 0.4) is 0 Å². The van der Waals surface area contributed by atoms with E-state index in [2.05, 4.69) is 15.4 Å². The molecule has 0 radical (unpaired) electrons. The fraction of sp³-hybridized carbons (Fsp3) is 0.241. The number of carbonyl (C=O) groups excluding carboxylic acids is 2. The Balaban J connectivity index is 1.58. The number of carbonyl (C=O) groups is 2. The molecule has 11 heteroatoms. The number of benzene rings is 2. The zero-order chi connectivity index (χ0) is 28.9. The van der Waals surface area contributed by atoms with E-state index in [0.717, 1.165) is 17.4 Å². The molecular formula is C29H31FN6O4. The second-order valence-corrected chi connectivity index (χ2v) is 9.28. The summed E-state index contributed by atoms with van der Waals surface area (Å²) in [4.78, 5) is 28.8. The summed E-state index contributed by atoms with van der Waals surface area (Å²) >= 11 is 0. The molecule has 0 aliphatic rings. The molecular weight excluding hydrogens is 515 g/mol. The minimum absolute atomic E-state index is 0.0572. The highest BCUT2D eigenvalue weighted by atomic mass is 19.1. The van der Waals surface area contributed by atoms with Gasteiger partial charge in [-0.2, -0.15) is 5.10 Å². The van der Waals surface area contributed by atoms with Crippen LogP contribution >= 0.6 is 0 Å². The molecule has 1 atom stereocenters. The third kappa shape index (κ3) is 5.88. The Hall–Kier alpha value is -4.93. The lowest BCUT2D eigenvalue weighted by Gasteiger charge is -2.31. The largest absolute Gasteiger partial charge is 0.454 e. The van der Waals surface area contributed by atoms with Gasteiger partial charge >= 0.3 is 6.09 Å². The van der Waals surface area contributed by atoms with Gasteiger partial charge in [0, 0.05) is 18.0 Å². The summed E-state index contributed by atoms with van der Waals surface area (Å²) < 4.78 is 28.2. The smallest absolute Gasteiger partial charge is 0.405 e. The highest BCUT2D eigenvalue weighted by Crippen LogP contribution is 2.41. The van der Waals surface area contributed by atoms with Crippen LogP contribution in [-0.4, -0.2) is 26.8 Å². The van der Waals surface area contributed by atoms with E-state index < -0.39 is 23.4 Å². The van der Waals surface area contributed by atoms with E-state index in [1.54, 1.807) is 11.6 Å². The average molecular weight is 547 g/mol. The van der Waals surface area contributed by atoms with Crippen LogP contribution in [0.4, 0.5) is 20.7 Å². The molecule has 0 bridgehead atoms. The highest BCUT2D eigenvalue weighted by Gasteiger charge is 2.36. The maximum absolute atomic E-state index is 15.2. The summed E-state index contributed by atoms with van der Waals surface area (Å²) in [5.41, 5.74) is 12.6. The second-order valence-electron chi connectivity index (χ2n) is 9.28. The first-order chi connectivity index (χ1) is 19.2. The summed E-state index contributed by atoms with van der Waals surface area (Å²) in [5, 5.41) is 7.10. The number of hydrogen-bond donors (Lipinski definition) is 3. The number of nitrogens with two attached hydrogens (primary N) is 2. The normalized spacial score (nSPS) is 12.4. The molecule has 0 fully saturated rings. The molecule has 0 saturated heterocycles. The zero-order valence-corrected chi connectivity index (χ0v) is 22.5. The van der Waals surface area contributed by atoms with Crippen LogP contribution in [0.2, 0.25) is 0 Å². The predicted molar refractivity (Wildman–Crippen MR) is 149 cm³/mol. The van der Waals surface area contributed by atoms with Gasteiger partial charge in [0.2, 0.25) is 0 Å². The lowest BCUT2D eigenvalue weighted by atomic mass is 9.90. The number of hydrogen-bond acceptors (Lipinski definition) is 7. The lowest BCUT2D eigenvalue weighted by Crippen LogP contribution is -2.33. The highest BCUT2D eigenvalue weighted by molar-refractivity contribution is 6.05. The van der Waals surface area contributed by atoms with Crippen molar-refractivity contribution in [3.63, 3.8) is 0 Å². The number of anilines is 2. The van der Waals surface area contributed by atoms with Gasteiger partial charge in [0.25, 0.3) is 5.91 Å². The van der Waals surface area contributed by atoms with Crippen molar-refractivity contribution >= 4 is 23.5 Å². The van der Waals surface area contributed by atoms with Crippen LogP contribution in [0.5, 0.6) is 11.5 Å². The molecule has 208 valence electrons. The number of rotatable bonds is 10. The van der Waals surface area contributed by atoms with Crippen LogP contribution in [0, 0.1) is 5.82 Å². The van der Waals surface area contributed by atoms with E-state index in [9.17, 15) is 9.59 Å². The molecule has 5 N–H and O–H groups in total. The topological polar surface area (TPSA) is 147 Å². The third-order valence-electron chi connectivity index (χ3n) is 6.38. The molecule has 1 unspecified atom stereocenters. The van der Waals surface area contributed by atoms with E-state index in [0.29, 0.717) is 24.8 Å². The number of halogens is 1. The van der Waals surface area contributed by atoms with Crippen LogP contribution in [-0.2, 0) is 16.8 Å². The Bertz CT molecular complexity index is 1520. The number of nitrogen functional groups attached to an aromatic ring is 1.